The Bertz CT molecular complexity index is 813. The molecule has 2 rings (SSSR count). The van der Waals surface area contributed by atoms with E-state index in [4.69, 9.17) is 24.1 Å². The summed E-state index contributed by atoms with van der Waals surface area (Å²) in [4.78, 5) is 22.8. The van der Waals surface area contributed by atoms with Crippen LogP contribution in [0.3, 0.4) is 0 Å². The molecule has 2 aromatic carbocycles. The second-order valence-corrected chi connectivity index (χ2v) is 5.36. The summed E-state index contributed by atoms with van der Waals surface area (Å²) in [5.41, 5.74) is 1.15. The van der Waals surface area contributed by atoms with Gasteiger partial charge in [-0.15, -0.1) is 0 Å². The number of allylic oxidation sites excluding steroid dienone is 1. The molecule has 7 nitrogen and oxygen atoms in total. The Morgan fingerprint density at radius 2 is 1.56 bits per heavy atom. The molecule has 1 N–H and O–H groups in total. The summed E-state index contributed by atoms with van der Waals surface area (Å²) < 4.78 is 20.9. The second kappa shape index (κ2) is 9.28. The van der Waals surface area contributed by atoms with Crippen LogP contribution in [0, 0.1) is 0 Å². The lowest BCUT2D eigenvalue weighted by molar-refractivity contribution is -0.139. The standard InChI is InChI=1S/C20H20O7/c1-24-17-10-13(11-18(25-2)20(17)26-3)4-9-16(21)14-5-7-15(8-6-14)27-12-19(22)23/h4-11H,12H2,1-3H3,(H,22,23)/b9-4+. The van der Waals surface area contributed by atoms with E-state index < -0.39 is 12.6 Å². The number of hydrogen-bond donors (Lipinski definition) is 1. The molecule has 0 heterocycles. The number of carbonyl (C=O) groups excluding carboxylic acids is 1. The summed E-state index contributed by atoms with van der Waals surface area (Å²) in [5.74, 6) is 0.549. The van der Waals surface area contributed by atoms with E-state index in [2.05, 4.69) is 0 Å². The number of carbonyl (C=O) groups is 2. The van der Waals surface area contributed by atoms with Gasteiger partial charge in [0.1, 0.15) is 5.75 Å². The van der Waals surface area contributed by atoms with E-state index in [1.165, 1.54) is 27.4 Å². The van der Waals surface area contributed by atoms with Gasteiger partial charge in [-0.1, -0.05) is 6.08 Å². The van der Waals surface area contributed by atoms with Crippen molar-refractivity contribution in [3.05, 3.63) is 53.6 Å². The first kappa shape index (κ1) is 19.8. The number of rotatable bonds is 9. The van der Waals surface area contributed by atoms with Gasteiger partial charge in [-0.25, -0.2) is 4.79 Å². The van der Waals surface area contributed by atoms with Crippen LogP contribution >= 0.6 is 0 Å². The highest BCUT2D eigenvalue weighted by molar-refractivity contribution is 6.06. The monoisotopic (exact) mass is 372 g/mol. The zero-order valence-corrected chi connectivity index (χ0v) is 15.2. The van der Waals surface area contributed by atoms with Gasteiger partial charge in [0.2, 0.25) is 5.75 Å². The first-order valence-corrected chi connectivity index (χ1v) is 7.95. The van der Waals surface area contributed by atoms with Gasteiger partial charge in [0.25, 0.3) is 0 Å². The third-order valence-corrected chi connectivity index (χ3v) is 3.62. The lowest BCUT2D eigenvalue weighted by atomic mass is 10.1. The molecule has 0 amide bonds. The molecule has 0 spiro atoms. The molecule has 0 aliphatic heterocycles. The Balaban J connectivity index is 2.15. The molecule has 142 valence electrons. The van der Waals surface area contributed by atoms with Crippen molar-refractivity contribution >= 4 is 17.8 Å². The SMILES string of the molecule is COc1cc(/C=C/C(=O)c2ccc(OCC(=O)O)cc2)cc(OC)c1OC. The fourth-order valence-corrected chi connectivity index (χ4v) is 2.33. The number of carboxylic acids is 1. The Labute approximate surface area is 156 Å². The van der Waals surface area contributed by atoms with Crippen LogP contribution in [0.2, 0.25) is 0 Å². The number of benzene rings is 2. The van der Waals surface area contributed by atoms with Crippen LogP contribution in [-0.2, 0) is 4.79 Å². The van der Waals surface area contributed by atoms with Crippen LogP contribution in [0.25, 0.3) is 6.08 Å². The van der Waals surface area contributed by atoms with E-state index >= 15 is 0 Å². The third kappa shape index (κ3) is 5.24. The van der Waals surface area contributed by atoms with Gasteiger partial charge >= 0.3 is 5.97 Å². The highest BCUT2D eigenvalue weighted by atomic mass is 16.5. The van der Waals surface area contributed by atoms with Gasteiger partial charge in [0.05, 0.1) is 21.3 Å². The van der Waals surface area contributed by atoms with Gasteiger partial charge in [-0.05, 0) is 48.0 Å². The average Bonchev–Trinajstić information content (AvgIpc) is 2.69. The first-order chi connectivity index (χ1) is 13.0. The van der Waals surface area contributed by atoms with E-state index in [9.17, 15) is 9.59 Å². The summed E-state index contributed by atoms with van der Waals surface area (Å²) in [6.07, 6.45) is 3.06. The molecule has 0 radical (unpaired) electrons. The molecule has 0 fully saturated rings. The minimum atomic E-state index is -1.07. The Morgan fingerprint density at radius 1 is 0.963 bits per heavy atom. The Hall–Kier alpha value is -3.48. The molecular weight excluding hydrogens is 352 g/mol. The van der Waals surface area contributed by atoms with Crippen LogP contribution in [0.5, 0.6) is 23.0 Å². The summed E-state index contributed by atoms with van der Waals surface area (Å²) in [6, 6.07) is 9.69. The molecule has 2 aromatic rings. The van der Waals surface area contributed by atoms with Gasteiger partial charge in [-0.3, -0.25) is 4.79 Å². The third-order valence-electron chi connectivity index (χ3n) is 3.62. The molecule has 0 aliphatic carbocycles. The van der Waals surface area contributed by atoms with Crippen molar-refractivity contribution < 1.29 is 33.6 Å². The van der Waals surface area contributed by atoms with Crippen molar-refractivity contribution in [3.8, 4) is 23.0 Å². The van der Waals surface area contributed by atoms with Crippen LogP contribution in [0.15, 0.2) is 42.5 Å². The number of hydrogen-bond acceptors (Lipinski definition) is 6. The predicted molar refractivity (Wildman–Crippen MR) is 99.0 cm³/mol. The minimum Gasteiger partial charge on any atom is -0.493 e. The maximum atomic E-state index is 12.3. The van der Waals surface area contributed by atoms with Crippen molar-refractivity contribution in [3.63, 3.8) is 0 Å². The normalized spacial score (nSPS) is 10.5. The van der Waals surface area contributed by atoms with Crippen molar-refractivity contribution in [1.82, 2.24) is 0 Å². The van der Waals surface area contributed by atoms with E-state index in [0.717, 1.165) is 0 Å². The molecule has 0 aliphatic rings. The average molecular weight is 372 g/mol. The second-order valence-electron chi connectivity index (χ2n) is 5.36. The van der Waals surface area contributed by atoms with E-state index in [1.54, 1.807) is 42.5 Å². The van der Waals surface area contributed by atoms with E-state index in [-0.39, 0.29) is 5.78 Å². The first-order valence-electron chi connectivity index (χ1n) is 7.95. The topological polar surface area (TPSA) is 91.3 Å². The van der Waals surface area contributed by atoms with E-state index in [1.807, 2.05) is 0 Å². The molecule has 0 saturated heterocycles. The molecular formula is C20H20O7. The molecule has 27 heavy (non-hydrogen) atoms. The summed E-state index contributed by atoms with van der Waals surface area (Å²) in [5, 5.41) is 8.59. The van der Waals surface area contributed by atoms with Gasteiger partial charge in [0.15, 0.2) is 23.9 Å². The fraction of sp³-hybridized carbons (Fsp3) is 0.200. The Kier molecular flexibility index (Phi) is 6.82. The van der Waals surface area contributed by atoms with Crippen LogP contribution < -0.4 is 18.9 Å². The minimum absolute atomic E-state index is 0.214. The number of methoxy groups -OCH3 is 3. The molecule has 0 bridgehead atoms. The zero-order chi connectivity index (χ0) is 19.8. The summed E-state index contributed by atoms with van der Waals surface area (Å²) >= 11 is 0. The molecule has 0 saturated carbocycles. The zero-order valence-electron chi connectivity index (χ0n) is 15.2. The van der Waals surface area contributed by atoms with Gasteiger partial charge < -0.3 is 24.1 Å². The van der Waals surface area contributed by atoms with Gasteiger partial charge in [0, 0.05) is 5.56 Å². The quantitative estimate of drug-likeness (QED) is 0.534. The highest BCUT2D eigenvalue weighted by Gasteiger charge is 2.12. The van der Waals surface area contributed by atoms with Crippen molar-refractivity contribution in [2.45, 2.75) is 0 Å². The largest absolute Gasteiger partial charge is 0.493 e. The lowest BCUT2D eigenvalue weighted by Gasteiger charge is -2.12. The molecule has 7 heteroatoms. The maximum Gasteiger partial charge on any atom is 0.341 e. The lowest BCUT2D eigenvalue weighted by Crippen LogP contribution is -2.09. The van der Waals surface area contributed by atoms with Gasteiger partial charge in [-0.2, -0.15) is 0 Å². The molecule has 0 aromatic heterocycles. The highest BCUT2D eigenvalue weighted by Crippen LogP contribution is 2.38. The summed E-state index contributed by atoms with van der Waals surface area (Å²) in [7, 11) is 4.55. The number of carboxylic acid groups (broad SMARTS) is 1. The molecule has 0 unspecified atom stereocenters. The summed E-state index contributed by atoms with van der Waals surface area (Å²) in [6.45, 7) is -0.436. The number of ether oxygens (including phenoxy) is 4. The smallest absolute Gasteiger partial charge is 0.341 e. The van der Waals surface area contributed by atoms with Crippen LogP contribution in [0.1, 0.15) is 15.9 Å². The Morgan fingerprint density at radius 3 is 2.04 bits per heavy atom. The van der Waals surface area contributed by atoms with Crippen molar-refractivity contribution in [1.29, 1.82) is 0 Å². The van der Waals surface area contributed by atoms with Crippen molar-refractivity contribution in [2.24, 2.45) is 0 Å². The fourth-order valence-electron chi connectivity index (χ4n) is 2.33. The molecule has 0 atom stereocenters. The number of ketones is 1. The van der Waals surface area contributed by atoms with E-state index in [0.29, 0.717) is 34.1 Å². The number of aliphatic carboxylic acids is 1. The van der Waals surface area contributed by atoms with Crippen molar-refractivity contribution in [2.75, 3.05) is 27.9 Å². The van der Waals surface area contributed by atoms with Crippen LogP contribution in [-0.4, -0.2) is 44.8 Å². The maximum absolute atomic E-state index is 12.3. The van der Waals surface area contributed by atoms with Crippen LogP contribution in [0.4, 0.5) is 0 Å². The predicted octanol–water partition coefficient (Wildman–Crippen LogP) is 3.07.